The summed E-state index contributed by atoms with van der Waals surface area (Å²) >= 11 is 0. The van der Waals surface area contributed by atoms with Crippen LogP contribution in [0.25, 0.3) is 0 Å². The van der Waals surface area contributed by atoms with E-state index in [2.05, 4.69) is 10.4 Å². The molecule has 1 saturated carbocycles. The summed E-state index contributed by atoms with van der Waals surface area (Å²) < 4.78 is 1.71. The summed E-state index contributed by atoms with van der Waals surface area (Å²) in [5.41, 5.74) is 1.73. The summed E-state index contributed by atoms with van der Waals surface area (Å²) in [6, 6.07) is 11.3. The SMILES string of the molecule is Cn1ccc(C(NC(=O)[C@@H]2CCC[C@H](C(=O)O)C2)c2ccccc2)n1. The van der Waals surface area contributed by atoms with Crippen molar-refractivity contribution in [3.05, 3.63) is 53.9 Å². The number of aliphatic carboxylic acids is 1. The van der Waals surface area contributed by atoms with Gasteiger partial charge in [-0.15, -0.1) is 0 Å². The van der Waals surface area contributed by atoms with E-state index in [1.54, 1.807) is 4.68 Å². The number of carboxylic acids is 1. The Morgan fingerprint density at radius 3 is 2.56 bits per heavy atom. The number of hydrogen-bond acceptors (Lipinski definition) is 3. The lowest BCUT2D eigenvalue weighted by Crippen LogP contribution is -2.38. The Labute approximate surface area is 146 Å². The van der Waals surface area contributed by atoms with Crippen molar-refractivity contribution in [3.63, 3.8) is 0 Å². The lowest BCUT2D eigenvalue weighted by atomic mass is 9.81. The van der Waals surface area contributed by atoms with Crippen LogP contribution in [-0.4, -0.2) is 26.8 Å². The summed E-state index contributed by atoms with van der Waals surface area (Å²) in [6.45, 7) is 0. The van der Waals surface area contributed by atoms with Crippen LogP contribution in [-0.2, 0) is 16.6 Å². The molecule has 1 aliphatic rings. The predicted octanol–water partition coefficient (Wildman–Crippen LogP) is 2.52. The van der Waals surface area contributed by atoms with Gasteiger partial charge in [0, 0.05) is 19.2 Å². The van der Waals surface area contributed by atoms with Crippen LogP contribution in [0.3, 0.4) is 0 Å². The van der Waals surface area contributed by atoms with Crippen molar-refractivity contribution in [2.75, 3.05) is 0 Å². The first-order valence-electron chi connectivity index (χ1n) is 8.62. The minimum absolute atomic E-state index is 0.0922. The first-order valence-corrected chi connectivity index (χ1v) is 8.62. The van der Waals surface area contributed by atoms with Gasteiger partial charge in [0.05, 0.1) is 17.7 Å². The first kappa shape index (κ1) is 17.2. The highest BCUT2D eigenvalue weighted by atomic mass is 16.4. The topological polar surface area (TPSA) is 84.2 Å². The average Bonchev–Trinajstić information content (AvgIpc) is 3.06. The molecule has 0 radical (unpaired) electrons. The van der Waals surface area contributed by atoms with E-state index >= 15 is 0 Å². The second-order valence-electron chi connectivity index (χ2n) is 6.67. The van der Waals surface area contributed by atoms with Crippen molar-refractivity contribution in [1.82, 2.24) is 15.1 Å². The van der Waals surface area contributed by atoms with Crippen LogP contribution in [0.15, 0.2) is 42.6 Å². The molecular formula is C19H23N3O3. The number of rotatable bonds is 5. The minimum atomic E-state index is -0.804. The molecule has 1 unspecified atom stereocenters. The number of carbonyl (C=O) groups is 2. The molecule has 3 atom stereocenters. The van der Waals surface area contributed by atoms with E-state index in [4.69, 9.17) is 0 Å². The molecule has 6 nitrogen and oxygen atoms in total. The van der Waals surface area contributed by atoms with Gasteiger partial charge in [0.25, 0.3) is 0 Å². The third-order valence-corrected chi connectivity index (χ3v) is 4.84. The van der Waals surface area contributed by atoms with Crippen molar-refractivity contribution in [2.45, 2.75) is 31.7 Å². The highest BCUT2D eigenvalue weighted by molar-refractivity contribution is 5.81. The number of carboxylic acid groups (broad SMARTS) is 1. The average molecular weight is 341 g/mol. The molecule has 0 spiro atoms. The molecule has 2 aromatic rings. The normalized spacial score (nSPS) is 21.5. The quantitative estimate of drug-likeness (QED) is 0.875. The fourth-order valence-corrected chi connectivity index (χ4v) is 3.47. The lowest BCUT2D eigenvalue weighted by molar-refractivity contribution is -0.144. The van der Waals surface area contributed by atoms with Crippen molar-refractivity contribution in [2.24, 2.45) is 18.9 Å². The molecule has 1 fully saturated rings. The van der Waals surface area contributed by atoms with Gasteiger partial charge in [-0.3, -0.25) is 14.3 Å². The Balaban J connectivity index is 1.78. The number of benzene rings is 1. The van der Waals surface area contributed by atoms with Crippen LogP contribution in [0.2, 0.25) is 0 Å². The number of aromatic nitrogens is 2. The van der Waals surface area contributed by atoms with Crippen molar-refractivity contribution < 1.29 is 14.7 Å². The molecular weight excluding hydrogens is 318 g/mol. The van der Waals surface area contributed by atoms with Crippen LogP contribution in [0.1, 0.15) is 43.0 Å². The Hall–Kier alpha value is -2.63. The molecule has 2 N–H and O–H groups in total. The molecule has 1 aromatic carbocycles. The van der Waals surface area contributed by atoms with Gasteiger partial charge in [-0.2, -0.15) is 5.10 Å². The summed E-state index contributed by atoms with van der Waals surface area (Å²) in [6.07, 6.45) is 4.42. The van der Waals surface area contributed by atoms with Crippen molar-refractivity contribution in [1.29, 1.82) is 0 Å². The second-order valence-corrected chi connectivity index (χ2v) is 6.67. The zero-order valence-corrected chi connectivity index (χ0v) is 14.3. The lowest BCUT2D eigenvalue weighted by Gasteiger charge is -2.27. The van der Waals surface area contributed by atoms with E-state index in [-0.39, 0.29) is 17.9 Å². The number of aryl methyl sites for hydroxylation is 1. The van der Waals surface area contributed by atoms with Crippen LogP contribution in [0.5, 0.6) is 0 Å². The monoisotopic (exact) mass is 341 g/mol. The molecule has 0 bridgehead atoms. The van der Waals surface area contributed by atoms with Crippen LogP contribution >= 0.6 is 0 Å². The van der Waals surface area contributed by atoms with E-state index in [0.717, 1.165) is 24.1 Å². The fourth-order valence-electron chi connectivity index (χ4n) is 3.47. The van der Waals surface area contributed by atoms with Gasteiger partial charge in [0.2, 0.25) is 5.91 Å². The van der Waals surface area contributed by atoms with E-state index in [1.165, 1.54) is 0 Å². The van der Waals surface area contributed by atoms with Crippen molar-refractivity contribution >= 4 is 11.9 Å². The van der Waals surface area contributed by atoms with Gasteiger partial charge in [-0.05, 0) is 30.9 Å². The van der Waals surface area contributed by atoms with E-state index in [0.29, 0.717) is 12.8 Å². The van der Waals surface area contributed by atoms with E-state index in [9.17, 15) is 14.7 Å². The maximum Gasteiger partial charge on any atom is 0.306 e. The Kier molecular flexibility index (Phi) is 5.16. The smallest absolute Gasteiger partial charge is 0.306 e. The Bertz CT molecular complexity index is 741. The third-order valence-electron chi connectivity index (χ3n) is 4.84. The minimum Gasteiger partial charge on any atom is -0.481 e. The number of amides is 1. The summed E-state index contributed by atoms with van der Waals surface area (Å²) in [5.74, 6) is -1.58. The summed E-state index contributed by atoms with van der Waals surface area (Å²) in [4.78, 5) is 24.0. The Morgan fingerprint density at radius 2 is 1.92 bits per heavy atom. The zero-order chi connectivity index (χ0) is 17.8. The van der Waals surface area contributed by atoms with Crippen LogP contribution in [0.4, 0.5) is 0 Å². The molecule has 6 heteroatoms. The maximum atomic E-state index is 12.8. The van der Waals surface area contributed by atoms with E-state index in [1.807, 2.05) is 49.6 Å². The molecule has 1 aromatic heterocycles. The van der Waals surface area contributed by atoms with Gasteiger partial charge in [0.15, 0.2) is 0 Å². The van der Waals surface area contributed by atoms with Crippen LogP contribution < -0.4 is 5.32 Å². The number of carbonyl (C=O) groups excluding carboxylic acids is 1. The first-order chi connectivity index (χ1) is 12.0. The molecule has 1 amide bonds. The van der Waals surface area contributed by atoms with Gasteiger partial charge in [-0.25, -0.2) is 0 Å². The molecule has 3 rings (SSSR count). The van der Waals surface area contributed by atoms with Crippen LogP contribution in [0, 0.1) is 11.8 Å². The predicted molar refractivity (Wildman–Crippen MR) is 92.7 cm³/mol. The molecule has 132 valence electrons. The number of nitrogens with zero attached hydrogens (tertiary/aromatic N) is 2. The van der Waals surface area contributed by atoms with Crippen molar-refractivity contribution in [3.8, 4) is 0 Å². The summed E-state index contributed by atoms with van der Waals surface area (Å²) in [7, 11) is 1.84. The van der Waals surface area contributed by atoms with Gasteiger partial charge in [-0.1, -0.05) is 36.8 Å². The van der Waals surface area contributed by atoms with Gasteiger partial charge in [0.1, 0.15) is 0 Å². The van der Waals surface area contributed by atoms with Gasteiger partial charge >= 0.3 is 5.97 Å². The number of hydrogen-bond donors (Lipinski definition) is 2. The highest BCUT2D eigenvalue weighted by Crippen LogP contribution is 2.30. The fraction of sp³-hybridized carbons (Fsp3) is 0.421. The zero-order valence-electron chi connectivity index (χ0n) is 14.3. The molecule has 0 aliphatic heterocycles. The largest absolute Gasteiger partial charge is 0.481 e. The molecule has 1 heterocycles. The van der Waals surface area contributed by atoms with E-state index < -0.39 is 11.9 Å². The second kappa shape index (κ2) is 7.51. The van der Waals surface area contributed by atoms with Gasteiger partial charge < -0.3 is 10.4 Å². The molecule has 25 heavy (non-hydrogen) atoms. The highest BCUT2D eigenvalue weighted by Gasteiger charge is 2.32. The molecule has 0 saturated heterocycles. The third kappa shape index (κ3) is 4.07. The standard InChI is InChI=1S/C19H23N3O3/c1-22-11-10-16(21-22)17(13-6-3-2-4-7-13)20-18(23)14-8-5-9-15(12-14)19(24)25/h2-4,6-7,10-11,14-15,17H,5,8-9,12H2,1H3,(H,20,23)(H,24,25)/t14-,15+,17?/m1/s1. The Morgan fingerprint density at radius 1 is 1.20 bits per heavy atom. The number of nitrogens with one attached hydrogen (secondary N) is 1. The molecule has 1 aliphatic carbocycles. The maximum absolute atomic E-state index is 12.8. The summed E-state index contributed by atoms with van der Waals surface area (Å²) in [5, 5.41) is 16.8.